The Morgan fingerprint density at radius 1 is 0.880 bits per heavy atom. The first kappa shape index (κ1) is 16.8. The molecule has 0 saturated heterocycles. The van der Waals surface area contributed by atoms with Crippen LogP contribution in [0.2, 0.25) is 0 Å². The summed E-state index contributed by atoms with van der Waals surface area (Å²) in [4.78, 5) is 3.30. The third-order valence-corrected chi connectivity index (χ3v) is 4.31. The van der Waals surface area contributed by atoms with Gasteiger partial charge in [0.05, 0.1) is 14.2 Å². The Hall–Kier alpha value is -3.01. The normalized spacial score (nSPS) is 11.8. The fourth-order valence-corrected chi connectivity index (χ4v) is 3.04. The highest BCUT2D eigenvalue weighted by atomic mass is 16.5. The molecule has 0 aliphatic carbocycles. The van der Waals surface area contributed by atoms with Gasteiger partial charge in [0.15, 0.2) is 11.5 Å². The molecule has 0 amide bonds. The van der Waals surface area contributed by atoms with Gasteiger partial charge in [-0.2, -0.15) is 0 Å². The number of ether oxygens (including phenoxy) is 2. The molecule has 128 valence electrons. The van der Waals surface area contributed by atoms with E-state index >= 15 is 0 Å². The number of rotatable bonds is 6. The van der Waals surface area contributed by atoms with Crippen molar-refractivity contribution < 1.29 is 14.5 Å². The summed E-state index contributed by atoms with van der Waals surface area (Å²) < 4.78 is 10.8. The van der Waals surface area contributed by atoms with Gasteiger partial charge in [-0.1, -0.05) is 42.5 Å². The van der Waals surface area contributed by atoms with Gasteiger partial charge in [-0.05, 0) is 35.7 Å². The third kappa shape index (κ3) is 3.91. The smallest absolute Gasteiger partial charge is 0.270 e. The van der Waals surface area contributed by atoms with Gasteiger partial charge in [0.25, 0.3) is 5.82 Å². The molecule has 3 rings (SSSR count). The molecule has 1 unspecified atom stereocenters. The summed E-state index contributed by atoms with van der Waals surface area (Å²) >= 11 is 0. The van der Waals surface area contributed by atoms with E-state index in [4.69, 9.17) is 15.2 Å². The molecule has 1 aromatic heterocycles. The average molecular weight is 335 g/mol. The Morgan fingerprint density at radius 3 is 2.32 bits per heavy atom. The van der Waals surface area contributed by atoms with Crippen LogP contribution in [0.25, 0.3) is 0 Å². The number of nitrogen functional groups attached to an aromatic ring is 1. The Balaban J connectivity index is 2.04. The molecule has 0 radical (unpaired) electrons. The lowest BCUT2D eigenvalue weighted by atomic mass is 9.88. The first-order valence-electron chi connectivity index (χ1n) is 8.25. The number of nitrogens with one attached hydrogen (secondary N) is 1. The molecule has 25 heavy (non-hydrogen) atoms. The van der Waals surface area contributed by atoms with E-state index in [2.05, 4.69) is 41.4 Å². The van der Waals surface area contributed by atoms with Gasteiger partial charge >= 0.3 is 0 Å². The summed E-state index contributed by atoms with van der Waals surface area (Å²) in [5, 5.41) is 0. The zero-order valence-corrected chi connectivity index (χ0v) is 14.5. The first-order valence-corrected chi connectivity index (χ1v) is 8.25. The summed E-state index contributed by atoms with van der Waals surface area (Å²) in [5.41, 5.74) is 9.44. The summed E-state index contributed by atoms with van der Waals surface area (Å²) in [6.45, 7) is 0. The number of hydrogen-bond acceptors (Lipinski definition) is 3. The van der Waals surface area contributed by atoms with Gasteiger partial charge < -0.3 is 9.47 Å². The maximum atomic E-state index is 5.97. The minimum absolute atomic E-state index is 0.130. The van der Waals surface area contributed by atoms with Crippen molar-refractivity contribution in [3.63, 3.8) is 0 Å². The van der Waals surface area contributed by atoms with E-state index in [1.807, 2.05) is 30.3 Å². The topological polar surface area (TPSA) is 58.6 Å². The van der Waals surface area contributed by atoms with Crippen LogP contribution in [0.3, 0.4) is 0 Å². The lowest BCUT2D eigenvalue weighted by Crippen LogP contribution is -2.21. The zero-order chi connectivity index (χ0) is 17.6. The molecule has 3 N–H and O–H groups in total. The second-order valence-corrected chi connectivity index (χ2v) is 5.92. The van der Waals surface area contributed by atoms with Crippen molar-refractivity contribution in [2.75, 3.05) is 20.0 Å². The Labute approximate surface area is 148 Å². The van der Waals surface area contributed by atoms with Crippen LogP contribution in [0, 0.1) is 0 Å². The molecule has 1 heterocycles. The zero-order valence-electron chi connectivity index (χ0n) is 14.5. The van der Waals surface area contributed by atoms with Gasteiger partial charge in [-0.15, -0.1) is 0 Å². The predicted molar refractivity (Wildman–Crippen MR) is 98.9 cm³/mol. The number of aromatic nitrogens is 1. The number of nitrogens with two attached hydrogens (primary N) is 1. The fraction of sp³-hybridized carbons (Fsp3) is 0.190. The van der Waals surface area contributed by atoms with Gasteiger partial charge in [-0.3, -0.25) is 5.73 Å². The largest absolute Gasteiger partial charge is 0.493 e. The van der Waals surface area contributed by atoms with E-state index in [1.54, 1.807) is 14.2 Å². The SMILES string of the molecule is COc1ccc(C(Cc2ccccc2)c2cccc(N)[nH+]2)cc1OC. The lowest BCUT2D eigenvalue weighted by molar-refractivity contribution is -0.374. The van der Waals surface area contributed by atoms with Crippen LogP contribution >= 0.6 is 0 Å². The van der Waals surface area contributed by atoms with Crippen molar-refractivity contribution in [1.82, 2.24) is 0 Å². The number of H-pyrrole nitrogens is 1. The summed E-state index contributed by atoms with van der Waals surface area (Å²) in [5.74, 6) is 2.23. The van der Waals surface area contributed by atoms with Gasteiger partial charge in [0.2, 0.25) is 0 Å². The molecule has 0 bridgehead atoms. The Kier molecular flexibility index (Phi) is 5.19. The second kappa shape index (κ2) is 7.71. The number of benzene rings is 2. The van der Waals surface area contributed by atoms with Crippen LogP contribution < -0.4 is 20.2 Å². The van der Waals surface area contributed by atoms with E-state index in [9.17, 15) is 0 Å². The maximum absolute atomic E-state index is 5.97. The molecule has 2 aromatic carbocycles. The Bertz CT molecular complexity index is 834. The quantitative estimate of drug-likeness (QED) is 0.750. The van der Waals surface area contributed by atoms with Crippen LogP contribution in [0.15, 0.2) is 66.7 Å². The number of anilines is 1. The summed E-state index contributed by atoms with van der Waals surface area (Å²) in [6, 6.07) is 22.4. The molecule has 0 aliphatic rings. The van der Waals surface area contributed by atoms with Crippen LogP contribution in [-0.4, -0.2) is 14.2 Å². The highest BCUT2D eigenvalue weighted by Crippen LogP contribution is 2.34. The van der Waals surface area contributed by atoms with Crippen molar-refractivity contribution in [2.24, 2.45) is 0 Å². The summed E-state index contributed by atoms with van der Waals surface area (Å²) in [6.07, 6.45) is 0.857. The van der Waals surface area contributed by atoms with Crippen molar-refractivity contribution >= 4 is 5.82 Å². The monoisotopic (exact) mass is 335 g/mol. The third-order valence-electron chi connectivity index (χ3n) is 4.31. The standard InChI is InChI=1S/C21H22N2O2/c1-24-19-12-11-16(14-20(19)25-2)17(13-15-7-4-3-5-8-15)18-9-6-10-21(22)23-18/h3-12,14,17H,13H2,1-2H3,(H2,22,23)/p+1. The number of aromatic amines is 1. The van der Waals surface area contributed by atoms with E-state index in [1.165, 1.54) is 5.56 Å². The summed E-state index contributed by atoms with van der Waals surface area (Å²) in [7, 11) is 3.30. The molecule has 0 saturated carbocycles. The average Bonchev–Trinajstić information content (AvgIpc) is 2.66. The molecule has 0 aliphatic heterocycles. The molecule has 3 aromatic rings. The highest BCUT2D eigenvalue weighted by molar-refractivity contribution is 5.45. The molecule has 0 fully saturated rings. The maximum Gasteiger partial charge on any atom is 0.270 e. The molecule has 0 spiro atoms. The molecule has 4 heteroatoms. The van der Waals surface area contributed by atoms with E-state index in [0.29, 0.717) is 5.82 Å². The van der Waals surface area contributed by atoms with Gasteiger partial charge in [-0.25, -0.2) is 4.98 Å². The van der Waals surface area contributed by atoms with Crippen LogP contribution in [0.4, 0.5) is 5.82 Å². The van der Waals surface area contributed by atoms with Gasteiger partial charge in [0.1, 0.15) is 5.69 Å². The Morgan fingerprint density at radius 2 is 1.64 bits per heavy atom. The fourth-order valence-electron chi connectivity index (χ4n) is 3.04. The molecule has 1 atom stereocenters. The minimum Gasteiger partial charge on any atom is -0.493 e. The van der Waals surface area contributed by atoms with Crippen molar-refractivity contribution in [3.05, 3.63) is 83.6 Å². The van der Waals surface area contributed by atoms with E-state index in [0.717, 1.165) is 29.2 Å². The van der Waals surface area contributed by atoms with Crippen LogP contribution in [0.5, 0.6) is 11.5 Å². The highest BCUT2D eigenvalue weighted by Gasteiger charge is 2.20. The van der Waals surface area contributed by atoms with E-state index in [-0.39, 0.29) is 5.92 Å². The van der Waals surface area contributed by atoms with Crippen LogP contribution in [0.1, 0.15) is 22.7 Å². The van der Waals surface area contributed by atoms with Crippen LogP contribution in [-0.2, 0) is 6.42 Å². The lowest BCUT2D eigenvalue weighted by Gasteiger charge is -2.18. The van der Waals surface area contributed by atoms with Crippen molar-refractivity contribution in [1.29, 1.82) is 0 Å². The number of hydrogen-bond donors (Lipinski definition) is 1. The number of pyridine rings is 1. The predicted octanol–water partition coefficient (Wildman–Crippen LogP) is 3.47. The molecular formula is C21H23N2O2+. The minimum atomic E-state index is 0.130. The van der Waals surface area contributed by atoms with Crippen molar-refractivity contribution in [3.8, 4) is 11.5 Å². The van der Waals surface area contributed by atoms with E-state index < -0.39 is 0 Å². The number of methoxy groups -OCH3 is 2. The molecule has 4 nitrogen and oxygen atoms in total. The van der Waals surface area contributed by atoms with Crippen molar-refractivity contribution in [2.45, 2.75) is 12.3 Å². The van der Waals surface area contributed by atoms with Gasteiger partial charge in [0, 0.05) is 12.0 Å². The first-order chi connectivity index (χ1) is 12.2. The second-order valence-electron chi connectivity index (χ2n) is 5.92. The molecular weight excluding hydrogens is 312 g/mol.